The van der Waals surface area contributed by atoms with Gasteiger partial charge in [0, 0.05) is 24.5 Å². The van der Waals surface area contributed by atoms with Crippen LogP contribution in [0.2, 0.25) is 0 Å². The van der Waals surface area contributed by atoms with Crippen LogP contribution in [0.1, 0.15) is 24.5 Å². The summed E-state index contributed by atoms with van der Waals surface area (Å²) in [5, 5.41) is 10.8. The van der Waals surface area contributed by atoms with Crippen molar-refractivity contribution in [1.82, 2.24) is 4.98 Å². The predicted octanol–water partition coefficient (Wildman–Crippen LogP) is 3.94. The first-order valence-electron chi connectivity index (χ1n) is 6.06. The largest absolute Gasteiger partial charge is 0.270 e. The van der Waals surface area contributed by atoms with E-state index in [9.17, 15) is 10.1 Å². The number of non-ortho nitro benzene ring substituents is 1. The van der Waals surface area contributed by atoms with Crippen molar-refractivity contribution in [2.45, 2.75) is 13.3 Å². The van der Waals surface area contributed by atoms with Crippen LogP contribution in [0, 0.1) is 10.1 Å². The molecule has 0 radical (unpaired) electrons. The highest BCUT2D eigenvalue weighted by Gasteiger charge is 2.05. The maximum atomic E-state index is 10.8. The quantitative estimate of drug-likeness (QED) is 0.613. The van der Waals surface area contributed by atoms with E-state index in [1.807, 2.05) is 24.3 Å². The SMILES string of the molecule is CCC(=Cc1cccc([N+](=O)[O-])c1)c1ccncc1. The fourth-order valence-corrected chi connectivity index (χ4v) is 1.88. The van der Waals surface area contributed by atoms with Crippen LogP contribution in [0.25, 0.3) is 11.6 Å². The van der Waals surface area contributed by atoms with Gasteiger partial charge in [0.2, 0.25) is 0 Å². The van der Waals surface area contributed by atoms with E-state index in [-0.39, 0.29) is 10.6 Å². The maximum absolute atomic E-state index is 10.8. The Labute approximate surface area is 111 Å². The molecule has 0 aliphatic rings. The topological polar surface area (TPSA) is 56.0 Å². The molecule has 0 amide bonds. The van der Waals surface area contributed by atoms with E-state index in [0.717, 1.165) is 23.1 Å². The third-order valence-corrected chi connectivity index (χ3v) is 2.85. The molecule has 0 fully saturated rings. The molecule has 0 unspecified atom stereocenters. The minimum absolute atomic E-state index is 0.110. The summed E-state index contributed by atoms with van der Waals surface area (Å²) in [6, 6.07) is 10.5. The Morgan fingerprint density at radius 3 is 2.68 bits per heavy atom. The van der Waals surface area contributed by atoms with E-state index in [2.05, 4.69) is 11.9 Å². The van der Waals surface area contributed by atoms with E-state index in [0.29, 0.717) is 0 Å². The number of allylic oxidation sites excluding steroid dienone is 1. The number of aromatic nitrogens is 1. The van der Waals surface area contributed by atoms with Gasteiger partial charge in [-0.25, -0.2) is 0 Å². The van der Waals surface area contributed by atoms with E-state index < -0.39 is 0 Å². The third kappa shape index (κ3) is 3.25. The molecule has 19 heavy (non-hydrogen) atoms. The molecule has 1 aromatic heterocycles. The van der Waals surface area contributed by atoms with E-state index >= 15 is 0 Å². The summed E-state index contributed by atoms with van der Waals surface area (Å²) in [5.41, 5.74) is 3.16. The Bertz CT molecular complexity index is 607. The minimum atomic E-state index is -0.380. The molecule has 0 aliphatic heterocycles. The van der Waals surface area contributed by atoms with E-state index in [1.165, 1.54) is 6.07 Å². The van der Waals surface area contributed by atoms with Crippen LogP contribution in [0.15, 0.2) is 48.8 Å². The molecule has 0 N–H and O–H groups in total. The maximum Gasteiger partial charge on any atom is 0.270 e. The van der Waals surface area contributed by atoms with Gasteiger partial charge in [-0.05, 0) is 35.3 Å². The smallest absolute Gasteiger partial charge is 0.265 e. The third-order valence-electron chi connectivity index (χ3n) is 2.85. The second kappa shape index (κ2) is 5.91. The number of nitrogens with zero attached hydrogens (tertiary/aromatic N) is 2. The van der Waals surface area contributed by atoms with Gasteiger partial charge < -0.3 is 0 Å². The van der Waals surface area contributed by atoms with E-state index in [1.54, 1.807) is 24.5 Å². The number of hydrogen-bond donors (Lipinski definition) is 0. The first-order valence-corrected chi connectivity index (χ1v) is 6.06. The van der Waals surface area contributed by atoms with Gasteiger partial charge in [-0.3, -0.25) is 15.1 Å². The highest BCUT2D eigenvalue weighted by Crippen LogP contribution is 2.22. The second-order valence-corrected chi connectivity index (χ2v) is 4.11. The Kier molecular flexibility index (Phi) is 4.03. The number of rotatable bonds is 4. The summed E-state index contributed by atoms with van der Waals surface area (Å²) in [6.07, 6.45) is 6.31. The van der Waals surface area contributed by atoms with Crippen LogP contribution >= 0.6 is 0 Å². The van der Waals surface area contributed by atoms with Crippen molar-refractivity contribution in [2.24, 2.45) is 0 Å². The van der Waals surface area contributed by atoms with Crippen molar-refractivity contribution < 1.29 is 4.92 Å². The summed E-state index contributed by atoms with van der Waals surface area (Å²) in [5.74, 6) is 0. The highest BCUT2D eigenvalue weighted by atomic mass is 16.6. The number of benzene rings is 1. The van der Waals surface area contributed by atoms with Crippen LogP contribution in [0.5, 0.6) is 0 Å². The zero-order chi connectivity index (χ0) is 13.7. The normalized spacial score (nSPS) is 11.3. The molecule has 2 aromatic rings. The van der Waals surface area contributed by atoms with Crippen molar-refractivity contribution in [3.63, 3.8) is 0 Å². The van der Waals surface area contributed by atoms with Gasteiger partial charge in [0.1, 0.15) is 0 Å². The van der Waals surface area contributed by atoms with Gasteiger partial charge in [-0.1, -0.05) is 25.1 Å². The number of hydrogen-bond acceptors (Lipinski definition) is 3. The summed E-state index contributed by atoms with van der Waals surface area (Å²) in [7, 11) is 0. The highest BCUT2D eigenvalue weighted by molar-refractivity contribution is 5.81. The lowest BCUT2D eigenvalue weighted by Gasteiger charge is -2.04. The van der Waals surface area contributed by atoms with Crippen molar-refractivity contribution in [3.8, 4) is 0 Å². The molecule has 0 spiro atoms. The van der Waals surface area contributed by atoms with Gasteiger partial charge in [0.05, 0.1) is 4.92 Å². The second-order valence-electron chi connectivity index (χ2n) is 4.11. The molecule has 4 heteroatoms. The monoisotopic (exact) mass is 254 g/mol. The average Bonchev–Trinajstić information content (AvgIpc) is 2.46. The van der Waals surface area contributed by atoms with Gasteiger partial charge in [0.15, 0.2) is 0 Å². The molecule has 4 nitrogen and oxygen atoms in total. The molecule has 0 bridgehead atoms. The Morgan fingerprint density at radius 1 is 1.32 bits per heavy atom. The van der Waals surface area contributed by atoms with Crippen molar-refractivity contribution in [3.05, 3.63) is 70.0 Å². The van der Waals surface area contributed by atoms with Crippen molar-refractivity contribution >= 4 is 17.3 Å². The lowest BCUT2D eigenvalue weighted by Crippen LogP contribution is -1.88. The predicted molar refractivity (Wildman–Crippen MR) is 75.5 cm³/mol. The Hall–Kier alpha value is -2.49. The minimum Gasteiger partial charge on any atom is -0.265 e. The first kappa shape index (κ1) is 13.0. The molecule has 2 rings (SSSR count). The van der Waals surface area contributed by atoms with Crippen molar-refractivity contribution in [2.75, 3.05) is 0 Å². The van der Waals surface area contributed by atoms with E-state index in [4.69, 9.17) is 0 Å². The lowest BCUT2D eigenvalue weighted by molar-refractivity contribution is -0.384. The van der Waals surface area contributed by atoms with Gasteiger partial charge in [0.25, 0.3) is 5.69 Å². The zero-order valence-electron chi connectivity index (χ0n) is 10.6. The van der Waals surface area contributed by atoms with Crippen LogP contribution in [0.3, 0.4) is 0 Å². The molecule has 1 aromatic carbocycles. The van der Waals surface area contributed by atoms with Crippen molar-refractivity contribution in [1.29, 1.82) is 0 Å². The molecule has 0 saturated carbocycles. The molecule has 0 saturated heterocycles. The zero-order valence-corrected chi connectivity index (χ0v) is 10.6. The molecular formula is C15H14N2O2. The number of nitro benzene ring substituents is 1. The molecule has 0 atom stereocenters. The summed E-state index contributed by atoms with van der Waals surface area (Å²) in [4.78, 5) is 14.4. The van der Waals surface area contributed by atoms with Crippen LogP contribution in [-0.4, -0.2) is 9.91 Å². The van der Waals surface area contributed by atoms with Gasteiger partial charge in [-0.2, -0.15) is 0 Å². The average molecular weight is 254 g/mol. The standard InChI is InChI=1S/C15H14N2O2/c1-2-13(14-6-8-16-9-7-14)10-12-4-3-5-15(11-12)17(18)19/h3-11H,2H2,1H3. The summed E-state index contributed by atoms with van der Waals surface area (Å²) < 4.78 is 0. The molecule has 1 heterocycles. The van der Waals surface area contributed by atoms with Crippen LogP contribution in [0.4, 0.5) is 5.69 Å². The van der Waals surface area contributed by atoms with Crippen LogP contribution in [-0.2, 0) is 0 Å². The molecule has 96 valence electrons. The fourth-order valence-electron chi connectivity index (χ4n) is 1.88. The van der Waals surface area contributed by atoms with Gasteiger partial charge in [-0.15, -0.1) is 0 Å². The lowest BCUT2D eigenvalue weighted by atomic mass is 10.0. The fraction of sp³-hybridized carbons (Fsp3) is 0.133. The number of pyridine rings is 1. The molecule has 0 aliphatic carbocycles. The summed E-state index contributed by atoms with van der Waals surface area (Å²) >= 11 is 0. The first-order chi connectivity index (χ1) is 9.20. The van der Waals surface area contributed by atoms with Crippen LogP contribution < -0.4 is 0 Å². The molecular weight excluding hydrogens is 240 g/mol. The van der Waals surface area contributed by atoms with Gasteiger partial charge >= 0.3 is 0 Å². The Morgan fingerprint density at radius 2 is 2.05 bits per heavy atom. The summed E-state index contributed by atoms with van der Waals surface area (Å²) in [6.45, 7) is 2.06. The number of nitro groups is 1. The Balaban J connectivity index is 2.38.